The van der Waals surface area contributed by atoms with E-state index in [0.717, 1.165) is 43.9 Å². The number of anilines is 1. The first-order chi connectivity index (χ1) is 15.2. The molecule has 4 saturated heterocycles. The fourth-order valence-corrected chi connectivity index (χ4v) is 5.60. The van der Waals surface area contributed by atoms with E-state index in [-0.39, 0.29) is 18.0 Å². The van der Waals surface area contributed by atoms with Crippen molar-refractivity contribution in [3.05, 3.63) is 29.8 Å². The second kappa shape index (κ2) is 9.07. The SMILES string of the molecule is O=C(N[C@@H]1CCN(c2ccc(C(=O)N3CC4CCC(CC4)C3)cc2)C1)N1CCOCC1. The lowest BCUT2D eigenvalue weighted by atomic mass is 9.84. The highest BCUT2D eigenvalue weighted by atomic mass is 16.5. The zero-order valence-electron chi connectivity index (χ0n) is 18.3. The third-order valence-corrected chi connectivity index (χ3v) is 7.50. The van der Waals surface area contributed by atoms with Gasteiger partial charge in [0, 0.05) is 56.6 Å². The number of carbonyl (C=O) groups is 2. The van der Waals surface area contributed by atoms with Gasteiger partial charge in [-0.3, -0.25) is 4.79 Å². The van der Waals surface area contributed by atoms with Crippen LogP contribution in [0.1, 0.15) is 42.5 Å². The summed E-state index contributed by atoms with van der Waals surface area (Å²) in [6.07, 6.45) is 6.07. The predicted octanol–water partition coefficient (Wildman–Crippen LogP) is 2.57. The first-order valence-corrected chi connectivity index (χ1v) is 11.9. The molecule has 4 heterocycles. The van der Waals surface area contributed by atoms with Crippen molar-refractivity contribution in [2.24, 2.45) is 11.8 Å². The summed E-state index contributed by atoms with van der Waals surface area (Å²) >= 11 is 0. The summed E-state index contributed by atoms with van der Waals surface area (Å²) in [5, 5.41) is 3.17. The number of hydrogen-bond acceptors (Lipinski definition) is 4. The number of fused-ring (bicyclic) bond motifs is 4. The van der Waals surface area contributed by atoms with Gasteiger partial charge in [0.15, 0.2) is 0 Å². The van der Waals surface area contributed by atoms with E-state index in [9.17, 15) is 9.59 Å². The Morgan fingerprint density at radius 1 is 0.806 bits per heavy atom. The molecule has 1 aromatic rings. The number of carbonyl (C=O) groups excluding carboxylic acids is 2. The predicted molar refractivity (Wildman–Crippen MR) is 119 cm³/mol. The molecule has 2 bridgehead atoms. The van der Waals surface area contributed by atoms with E-state index in [1.54, 1.807) is 0 Å². The molecule has 168 valence electrons. The van der Waals surface area contributed by atoms with E-state index in [0.29, 0.717) is 38.1 Å². The standard InChI is InChI=1S/C24H34N4O3/c29-23(28-15-18-1-2-19(16-28)4-3-18)20-5-7-22(8-6-20)27-10-9-21(17-27)25-24(30)26-11-13-31-14-12-26/h5-8,18-19,21H,1-4,9-17H2,(H,25,30)/t18?,19?,21-/m1/s1. The smallest absolute Gasteiger partial charge is 0.317 e. The molecule has 0 radical (unpaired) electrons. The minimum absolute atomic E-state index is 0.0162. The van der Waals surface area contributed by atoms with Crippen LogP contribution >= 0.6 is 0 Å². The van der Waals surface area contributed by atoms with Gasteiger partial charge >= 0.3 is 6.03 Å². The third-order valence-electron chi connectivity index (χ3n) is 7.50. The van der Waals surface area contributed by atoms with Crippen molar-refractivity contribution < 1.29 is 14.3 Å². The Morgan fingerprint density at radius 2 is 1.45 bits per heavy atom. The van der Waals surface area contributed by atoms with E-state index in [2.05, 4.69) is 27.2 Å². The number of urea groups is 1. The number of hydrogen-bond donors (Lipinski definition) is 1. The van der Waals surface area contributed by atoms with Crippen molar-refractivity contribution in [1.29, 1.82) is 0 Å². The number of ether oxygens (including phenoxy) is 1. The van der Waals surface area contributed by atoms with Crippen molar-refractivity contribution in [2.75, 3.05) is 57.4 Å². The lowest BCUT2D eigenvalue weighted by Crippen LogP contribution is -2.49. The second-order valence-electron chi connectivity index (χ2n) is 9.62. The third kappa shape index (κ3) is 4.66. The summed E-state index contributed by atoms with van der Waals surface area (Å²) in [5.41, 5.74) is 1.91. The molecule has 31 heavy (non-hydrogen) atoms. The Labute approximate surface area is 184 Å². The topological polar surface area (TPSA) is 65.1 Å². The Kier molecular flexibility index (Phi) is 6.03. The van der Waals surface area contributed by atoms with Crippen LogP contribution in [0.2, 0.25) is 0 Å². The van der Waals surface area contributed by atoms with Crippen LogP contribution in [-0.2, 0) is 4.74 Å². The molecule has 6 rings (SSSR count). The number of benzene rings is 1. The molecule has 3 amide bonds. The summed E-state index contributed by atoms with van der Waals surface area (Å²) in [6.45, 7) is 6.13. The average molecular weight is 427 g/mol. The molecule has 1 atom stereocenters. The number of rotatable bonds is 3. The van der Waals surface area contributed by atoms with Gasteiger partial charge in [-0.1, -0.05) is 0 Å². The van der Waals surface area contributed by atoms with Gasteiger partial charge in [0.2, 0.25) is 0 Å². The molecule has 7 nitrogen and oxygen atoms in total. The fourth-order valence-electron chi connectivity index (χ4n) is 5.60. The Balaban J connectivity index is 1.16. The zero-order chi connectivity index (χ0) is 21.2. The van der Waals surface area contributed by atoms with Crippen molar-refractivity contribution >= 4 is 17.6 Å². The Morgan fingerprint density at radius 3 is 2.10 bits per heavy atom. The van der Waals surface area contributed by atoms with Crippen LogP contribution in [0.4, 0.5) is 10.5 Å². The highest BCUT2D eigenvalue weighted by Gasteiger charge is 2.32. The average Bonchev–Trinajstić information content (AvgIpc) is 3.06. The monoisotopic (exact) mass is 426 g/mol. The molecule has 0 aromatic heterocycles. The summed E-state index contributed by atoms with van der Waals surface area (Å²) in [7, 11) is 0. The molecule has 0 unspecified atom stereocenters. The van der Waals surface area contributed by atoms with Crippen LogP contribution in [-0.4, -0.2) is 80.3 Å². The zero-order valence-corrected chi connectivity index (χ0v) is 18.3. The maximum atomic E-state index is 13.1. The van der Waals surface area contributed by atoms with Crippen LogP contribution < -0.4 is 10.2 Å². The van der Waals surface area contributed by atoms with Crippen LogP contribution in [0.25, 0.3) is 0 Å². The van der Waals surface area contributed by atoms with Crippen molar-refractivity contribution in [1.82, 2.24) is 15.1 Å². The van der Waals surface area contributed by atoms with Crippen LogP contribution in [0, 0.1) is 11.8 Å². The van der Waals surface area contributed by atoms with Crippen molar-refractivity contribution in [2.45, 2.75) is 38.1 Å². The number of nitrogens with one attached hydrogen (secondary N) is 1. The van der Waals surface area contributed by atoms with Gasteiger partial charge in [-0.05, 0) is 68.2 Å². The van der Waals surface area contributed by atoms with E-state index < -0.39 is 0 Å². The van der Waals surface area contributed by atoms with Gasteiger partial charge in [0.05, 0.1) is 13.2 Å². The van der Waals surface area contributed by atoms with Gasteiger partial charge in [-0.15, -0.1) is 0 Å². The van der Waals surface area contributed by atoms with Crippen molar-refractivity contribution in [3.8, 4) is 0 Å². The summed E-state index contributed by atoms with van der Waals surface area (Å²) in [6, 6.07) is 8.25. The minimum Gasteiger partial charge on any atom is -0.378 e. The molecule has 1 N–H and O–H groups in total. The largest absolute Gasteiger partial charge is 0.378 e. The highest BCUT2D eigenvalue weighted by Crippen LogP contribution is 2.34. The molecule has 7 heteroatoms. The molecule has 1 aliphatic carbocycles. The Bertz CT molecular complexity index is 771. The minimum atomic E-state index is 0.0162. The van der Waals surface area contributed by atoms with Gasteiger partial charge < -0.3 is 24.8 Å². The molecular formula is C24H34N4O3. The maximum absolute atomic E-state index is 13.1. The normalized spacial score (nSPS) is 28.5. The number of amides is 3. The molecule has 5 aliphatic rings. The van der Waals surface area contributed by atoms with E-state index in [1.807, 2.05) is 17.0 Å². The van der Waals surface area contributed by atoms with Gasteiger partial charge in [0.1, 0.15) is 0 Å². The summed E-state index contributed by atoms with van der Waals surface area (Å²) in [5.74, 6) is 1.56. The van der Waals surface area contributed by atoms with Crippen LogP contribution in [0.5, 0.6) is 0 Å². The molecule has 4 aliphatic heterocycles. The van der Waals surface area contributed by atoms with Crippen molar-refractivity contribution in [3.63, 3.8) is 0 Å². The number of nitrogens with zero attached hydrogens (tertiary/aromatic N) is 3. The van der Waals surface area contributed by atoms with Gasteiger partial charge in [-0.25, -0.2) is 4.79 Å². The van der Waals surface area contributed by atoms with E-state index in [1.165, 1.54) is 25.7 Å². The first kappa shape index (κ1) is 20.6. The summed E-state index contributed by atoms with van der Waals surface area (Å²) < 4.78 is 5.32. The maximum Gasteiger partial charge on any atom is 0.317 e. The lowest BCUT2D eigenvalue weighted by molar-refractivity contribution is 0.0526. The van der Waals surface area contributed by atoms with Gasteiger partial charge in [-0.2, -0.15) is 0 Å². The highest BCUT2D eigenvalue weighted by molar-refractivity contribution is 5.94. The molecule has 1 aromatic carbocycles. The van der Waals surface area contributed by atoms with Crippen LogP contribution in [0.3, 0.4) is 0 Å². The fraction of sp³-hybridized carbons (Fsp3) is 0.667. The molecule has 0 spiro atoms. The quantitative estimate of drug-likeness (QED) is 0.807. The first-order valence-electron chi connectivity index (χ1n) is 11.9. The van der Waals surface area contributed by atoms with Gasteiger partial charge in [0.25, 0.3) is 5.91 Å². The molecule has 1 saturated carbocycles. The number of morpholine rings is 1. The summed E-state index contributed by atoms with van der Waals surface area (Å²) in [4.78, 5) is 31.7. The van der Waals surface area contributed by atoms with E-state index >= 15 is 0 Å². The second-order valence-corrected chi connectivity index (χ2v) is 9.62. The van der Waals surface area contributed by atoms with Crippen LogP contribution in [0.15, 0.2) is 24.3 Å². The molecular weight excluding hydrogens is 392 g/mol. The Hall–Kier alpha value is -2.28. The lowest BCUT2D eigenvalue weighted by Gasteiger charge is -2.28. The van der Waals surface area contributed by atoms with E-state index in [4.69, 9.17) is 4.74 Å². The molecule has 5 fully saturated rings.